The molecule has 3 heteroatoms. The molecular formula is C14H14BrNO. The Morgan fingerprint density at radius 3 is 2.29 bits per heavy atom. The van der Waals surface area contributed by atoms with Crippen LogP contribution in [0.15, 0.2) is 39.7 Å². The Balaban J connectivity index is 2.78. The van der Waals surface area contributed by atoms with Crippen LogP contribution in [-0.4, -0.2) is 4.57 Å². The molecule has 88 valence electrons. The third-order valence-corrected chi connectivity index (χ3v) is 3.38. The Labute approximate surface area is 109 Å². The van der Waals surface area contributed by atoms with E-state index >= 15 is 0 Å². The van der Waals surface area contributed by atoms with Crippen molar-refractivity contribution in [3.05, 3.63) is 62.0 Å². The van der Waals surface area contributed by atoms with Gasteiger partial charge in [-0.2, -0.15) is 0 Å². The van der Waals surface area contributed by atoms with E-state index in [9.17, 15) is 4.79 Å². The lowest BCUT2D eigenvalue weighted by atomic mass is 10.0. The Morgan fingerprint density at radius 1 is 1.12 bits per heavy atom. The first-order valence-corrected chi connectivity index (χ1v) is 6.25. The molecule has 0 atom stereocenters. The van der Waals surface area contributed by atoms with E-state index in [0.29, 0.717) is 4.47 Å². The summed E-state index contributed by atoms with van der Waals surface area (Å²) in [5, 5.41) is 0. The largest absolute Gasteiger partial charge is 0.283 e. The molecule has 0 bridgehead atoms. The minimum absolute atomic E-state index is 0.0254. The van der Waals surface area contributed by atoms with Crippen LogP contribution >= 0.6 is 15.9 Å². The zero-order valence-corrected chi connectivity index (χ0v) is 11.7. The summed E-state index contributed by atoms with van der Waals surface area (Å²) in [6.45, 7) is 6.12. The van der Waals surface area contributed by atoms with Crippen molar-refractivity contribution in [1.82, 2.24) is 4.57 Å². The van der Waals surface area contributed by atoms with Crippen LogP contribution in [0.3, 0.4) is 0 Å². The summed E-state index contributed by atoms with van der Waals surface area (Å²) in [5.41, 5.74) is 4.39. The molecule has 2 rings (SSSR count). The molecule has 0 unspecified atom stereocenters. The number of hydrogen-bond donors (Lipinski definition) is 0. The Bertz CT molecular complexity index is 605. The van der Waals surface area contributed by atoms with E-state index in [0.717, 1.165) is 16.8 Å². The van der Waals surface area contributed by atoms with Gasteiger partial charge in [0.15, 0.2) is 0 Å². The van der Waals surface area contributed by atoms with Crippen LogP contribution in [0.4, 0.5) is 0 Å². The Kier molecular flexibility index (Phi) is 3.20. The lowest BCUT2D eigenvalue weighted by molar-refractivity contribution is 0.954. The molecule has 17 heavy (non-hydrogen) atoms. The number of halogens is 1. The van der Waals surface area contributed by atoms with E-state index in [4.69, 9.17) is 0 Å². The van der Waals surface area contributed by atoms with Gasteiger partial charge in [0.1, 0.15) is 0 Å². The predicted molar refractivity (Wildman–Crippen MR) is 74.0 cm³/mol. The van der Waals surface area contributed by atoms with Crippen molar-refractivity contribution in [3.63, 3.8) is 0 Å². The number of aryl methyl sites for hydroxylation is 3. The second kappa shape index (κ2) is 4.49. The molecule has 0 aliphatic carbocycles. The maximum atomic E-state index is 12.1. The summed E-state index contributed by atoms with van der Waals surface area (Å²) >= 11 is 3.27. The molecule has 0 N–H and O–H groups in total. The third-order valence-electron chi connectivity index (χ3n) is 2.78. The molecule has 0 saturated carbocycles. The van der Waals surface area contributed by atoms with E-state index in [1.807, 2.05) is 19.9 Å². The van der Waals surface area contributed by atoms with Gasteiger partial charge in [-0.3, -0.25) is 9.36 Å². The minimum atomic E-state index is -0.0254. The molecule has 0 spiro atoms. The first-order chi connectivity index (χ1) is 8.00. The Morgan fingerprint density at radius 2 is 1.71 bits per heavy atom. The highest BCUT2D eigenvalue weighted by molar-refractivity contribution is 9.10. The summed E-state index contributed by atoms with van der Waals surface area (Å²) in [6, 6.07) is 7.81. The molecule has 2 aromatic rings. The molecule has 1 aromatic heterocycles. The molecule has 0 fully saturated rings. The van der Waals surface area contributed by atoms with Gasteiger partial charge in [-0.1, -0.05) is 17.7 Å². The van der Waals surface area contributed by atoms with Crippen LogP contribution in [0.5, 0.6) is 0 Å². The van der Waals surface area contributed by atoms with Gasteiger partial charge in [0.25, 0.3) is 5.56 Å². The highest BCUT2D eigenvalue weighted by atomic mass is 79.9. The van der Waals surface area contributed by atoms with E-state index in [1.54, 1.807) is 16.8 Å². The van der Waals surface area contributed by atoms with E-state index in [-0.39, 0.29) is 5.56 Å². The van der Waals surface area contributed by atoms with Crippen molar-refractivity contribution in [2.75, 3.05) is 0 Å². The highest BCUT2D eigenvalue weighted by Gasteiger charge is 2.08. The van der Waals surface area contributed by atoms with Gasteiger partial charge in [-0.15, -0.1) is 0 Å². The van der Waals surface area contributed by atoms with Crippen LogP contribution in [-0.2, 0) is 0 Å². The van der Waals surface area contributed by atoms with Gasteiger partial charge in [-0.05, 0) is 60.0 Å². The van der Waals surface area contributed by atoms with Gasteiger partial charge in [0.05, 0.1) is 10.2 Å². The number of benzene rings is 1. The SMILES string of the molecule is Cc1cc(C)c(-n2cccc(Br)c2=O)c(C)c1. The summed E-state index contributed by atoms with van der Waals surface area (Å²) < 4.78 is 2.27. The minimum Gasteiger partial charge on any atom is -0.283 e. The molecular weight excluding hydrogens is 278 g/mol. The summed E-state index contributed by atoms with van der Waals surface area (Å²) in [6.07, 6.45) is 1.80. The van der Waals surface area contributed by atoms with E-state index in [2.05, 4.69) is 35.0 Å². The summed E-state index contributed by atoms with van der Waals surface area (Å²) in [7, 11) is 0. The van der Waals surface area contributed by atoms with Crippen molar-refractivity contribution in [3.8, 4) is 5.69 Å². The number of pyridine rings is 1. The normalized spacial score (nSPS) is 10.6. The van der Waals surface area contributed by atoms with Crippen molar-refractivity contribution in [1.29, 1.82) is 0 Å². The fourth-order valence-electron chi connectivity index (χ4n) is 2.20. The number of nitrogens with zero attached hydrogens (tertiary/aromatic N) is 1. The monoisotopic (exact) mass is 291 g/mol. The quantitative estimate of drug-likeness (QED) is 0.788. The Hall–Kier alpha value is -1.35. The van der Waals surface area contributed by atoms with Crippen LogP contribution in [0.1, 0.15) is 16.7 Å². The predicted octanol–water partition coefficient (Wildman–Crippen LogP) is 3.53. The maximum Gasteiger partial charge on any atom is 0.269 e. The summed E-state index contributed by atoms with van der Waals surface area (Å²) in [5.74, 6) is 0. The smallest absolute Gasteiger partial charge is 0.269 e. The molecule has 1 heterocycles. The molecule has 1 aromatic carbocycles. The average molecular weight is 292 g/mol. The zero-order chi connectivity index (χ0) is 12.6. The van der Waals surface area contributed by atoms with Crippen LogP contribution in [0, 0.1) is 20.8 Å². The van der Waals surface area contributed by atoms with Gasteiger partial charge in [0, 0.05) is 6.20 Å². The fraction of sp³-hybridized carbons (Fsp3) is 0.214. The van der Waals surface area contributed by atoms with Crippen molar-refractivity contribution < 1.29 is 0 Å². The van der Waals surface area contributed by atoms with Gasteiger partial charge >= 0.3 is 0 Å². The molecule has 0 saturated heterocycles. The number of rotatable bonds is 1. The van der Waals surface area contributed by atoms with Crippen molar-refractivity contribution in [2.45, 2.75) is 20.8 Å². The van der Waals surface area contributed by atoms with E-state index in [1.165, 1.54) is 5.56 Å². The first kappa shape index (κ1) is 12.1. The lowest BCUT2D eigenvalue weighted by Gasteiger charge is -2.13. The first-order valence-electron chi connectivity index (χ1n) is 5.46. The van der Waals surface area contributed by atoms with Gasteiger partial charge in [0.2, 0.25) is 0 Å². The fourth-order valence-corrected chi connectivity index (χ4v) is 2.54. The standard InChI is InChI=1S/C14H14BrNO/c1-9-7-10(2)13(11(3)8-9)16-6-4-5-12(15)14(16)17/h4-8H,1-3H3. The third kappa shape index (κ3) is 2.20. The van der Waals surface area contributed by atoms with Gasteiger partial charge < -0.3 is 0 Å². The van der Waals surface area contributed by atoms with Gasteiger partial charge in [-0.25, -0.2) is 0 Å². The van der Waals surface area contributed by atoms with Crippen LogP contribution in [0.2, 0.25) is 0 Å². The molecule has 2 nitrogen and oxygen atoms in total. The van der Waals surface area contributed by atoms with Crippen LogP contribution in [0.25, 0.3) is 5.69 Å². The molecule has 0 radical (unpaired) electrons. The van der Waals surface area contributed by atoms with Crippen molar-refractivity contribution >= 4 is 15.9 Å². The average Bonchev–Trinajstić information content (AvgIpc) is 2.23. The van der Waals surface area contributed by atoms with Crippen LogP contribution < -0.4 is 5.56 Å². The molecule has 0 aliphatic heterocycles. The highest BCUT2D eigenvalue weighted by Crippen LogP contribution is 2.20. The second-order valence-electron chi connectivity index (χ2n) is 4.28. The second-order valence-corrected chi connectivity index (χ2v) is 5.13. The van der Waals surface area contributed by atoms with Crippen molar-refractivity contribution in [2.24, 2.45) is 0 Å². The lowest BCUT2D eigenvalue weighted by Crippen LogP contribution is -2.19. The number of aromatic nitrogens is 1. The molecule has 0 amide bonds. The van der Waals surface area contributed by atoms with E-state index < -0.39 is 0 Å². The molecule has 0 aliphatic rings. The zero-order valence-electron chi connectivity index (χ0n) is 10.1. The summed E-state index contributed by atoms with van der Waals surface area (Å²) in [4.78, 5) is 12.1. The maximum absolute atomic E-state index is 12.1. The topological polar surface area (TPSA) is 22.0 Å². The number of hydrogen-bond acceptors (Lipinski definition) is 1.